The number of nitrogens with zero attached hydrogens (tertiary/aromatic N) is 4. The molecule has 1 aromatic carbocycles. The van der Waals surface area contributed by atoms with Crippen LogP contribution in [0.2, 0.25) is 0 Å². The molecule has 0 aliphatic carbocycles. The van der Waals surface area contributed by atoms with Gasteiger partial charge in [-0.1, -0.05) is 19.9 Å². The number of ether oxygens (including phenoxy) is 3. The lowest BCUT2D eigenvalue weighted by Gasteiger charge is -2.26. The molecule has 1 aliphatic heterocycles. The van der Waals surface area contributed by atoms with Gasteiger partial charge in [0.2, 0.25) is 5.88 Å². The van der Waals surface area contributed by atoms with E-state index in [1.807, 2.05) is 34.9 Å². The average molecular weight is 467 g/mol. The first-order valence-electron chi connectivity index (χ1n) is 12.0. The summed E-state index contributed by atoms with van der Waals surface area (Å²) in [5.74, 6) is 2.40. The van der Waals surface area contributed by atoms with Crippen LogP contribution in [-0.4, -0.2) is 71.8 Å². The lowest BCUT2D eigenvalue weighted by Crippen LogP contribution is -2.37. The minimum atomic E-state index is 0.168. The first-order chi connectivity index (χ1) is 16.5. The number of pyridine rings is 1. The van der Waals surface area contributed by atoms with Crippen molar-refractivity contribution < 1.29 is 19.0 Å². The SMILES string of the molecule is COc1cccc(-c2nc3cc(OCCCN4CCOCC4)ccc3n2CC(=O)CC(C)C)n1. The molecule has 0 saturated carbocycles. The van der Waals surface area contributed by atoms with E-state index in [2.05, 4.69) is 23.7 Å². The van der Waals surface area contributed by atoms with E-state index < -0.39 is 0 Å². The van der Waals surface area contributed by atoms with E-state index in [0.717, 1.165) is 56.1 Å². The van der Waals surface area contributed by atoms with Crippen molar-refractivity contribution >= 4 is 16.8 Å². The molecule has 34 heavy (non-hydrogen) atoms. The molecule has 8 nitrogen and oxygen atoms in total. The second-order valence-electron chi connectivity index (χ2n) is 9.03. The van der Waals surface area contributed by atoms with Crippen LogP contribution in [0.25, 0.3) is 22.6 Å². The Hall–Kier alpha value is -2.97. The zero-order valence-corrected chi connectivity index (χ0v) is 20.3. The minimum Gasteiger partial charge on any atom is -0.493 e. The highest BCUT2D eigenvalue weighted by Gasteiger charge is 2.18. The lowest BCUT2D eigenvalue weighted by atomic mass is 10.1. The molecular weight excluding hydrogens is 432 g/mol. The molecule has 8 heteroatoms. The van der Waals surface area contributed by atoms with Gasteiger partial charge in [0, 0.05) is 38.2 Å². The van der Waals surface area contributed by atoms with Crippen molar-refractivity contribution in [2.75, 3.05) is 46.6 Å². The summed E-state index contributed by atoms with van der Waals surface area (Å²) in [6, 6.07) is 11.4. The summed E-state index contributed by atoms with van der Waals surface area (Å²) >= 11 is 0. The maximum Gasteiger partial charge on any atom is 0.213 e. The Kier molecular flexibility index (Phi) is 8.13. The number of benzene rings is 1. The van der Waals surface area contributed by atoms with Crippen molar-refractivity contribution in [3.63, 3.8) is 0 Å². The van der Waals surface area contributed by atoms with Gasteiger partial charge in [-0.2, -0.15) is 0 Å². The van der Waals surface area contributed by atoms with Crippen LogP contribution in [0.4, 0.5) is 0 Å². The summed E-state index contributed by atoms with van der Waals surface area (Å²) in [4.78, 5) is 24.5. The fourth-order valence-electron chi connectivity index (χ4n) is 4.21. The number of imidazole rings is 1. The van der Waals surface area contributed by atoms with Gasteiger partial charge in [0.1, 0.15) is 11.4 Å². The van der Waals surface area contributed by atoms with Gasteiger partial charge in [0.05, 0.1) is 44.5 Å². The van der Waals surface area contributed by atoms with Gasteiger partial charge in [-0.15, -0.1) is 0 Å². The van der Waals surface area contributed by atoms with Crippen molar-refractivity contribution in [2.45, 2.75) is 33.2 Å². The summed E-state index contributed by atoms with van der Waals surface area (Å²) in [5.41, 5.74) is 2.33. The van der Waals surface area contributed by atoms with Gasteiger partial charge >= 0.3 is 0 Å². The van der Waals surface area contributed by atoms with E-state index in [1.54, 1.807) is 13.2 Å². The molecule has 1 saturated heterocycles. The predicted octanol–water partition coefficient (Wildman–Crippen LogP) is 3.82. The van der Waals surface area contributed by atoms with Crippen LogP contribution in [0.15, 0.2) is 36.4 Å². The Morgan fingerprint density at radius 2 is 1.97 bits per heavy atom. The Balaban J connectivity index is 1.54. The van der Waals surface area contributed by atoms with E-state index >= 15 is 0 Å². The van der Waals surface area contributed by atoms with Crippen LogP contribution < -0.4 is 9.47 Å². The predicted molar refractivity (Wildman–Crippen MR) is 131 cm³/mol. The molecule has 4 rings (SSSR count). The number of hydrogen-bond donors (Lipinski definition) is 0. The Morgan fingerprint density at radius 1 is 1.15 bits per heavy atom. The molecule has 0 unspecified atom stereocenters. The summed E-state index contributed by atoms with van der Waals surface area (Å²) in [6.45, 7) is 9.59. The fourth-order valence-corrected chi connectivity index (χ4v) is 4.21. The van der Waals surface area contributed by atoms with Crippen LogP contribution in [0, 0.1) is 5.92 Å². The first kappa shape index (κ1) is 24.2. The van der Waals surface area contributed by atoms with E-state index in [9.17, 15) is 4.79 Å². The number of ketones is 1. The number of methoxy groups -OCH3 is 1. The fraction of sp³-hybridized carbons (Fsp3) is 0.500. The van der Waals surface area contributed by atoms with Gasteiger partial charge in [0.15, 0.2) is 11.6 Å². The van der Waals surface area contributed by atoms with E-state index in [4.69, 9.17) is 19.2 Å². The third-order valence-corrected chi connectivity index (χ3v) is 5.84. The molecule has 0 radical (unpaired) electrons. The molecule has 1 aliphatic rings. The minimum absolute atomic E-state index is 0.168. The van der Waals surface area contributed by atoms with Crippen LogP contribution in [0.1, 0.15) is 26.7 Å². The molecular formula is C26H34N4O4. The smallest absolute Gasteiger partial charge is 0.213 e. The molecule has 0 amide bonds. The van der Waals surface area contributed by atoms with Crippen LogP contribution in [-0.2, 0) is 16.1 Å². The molecule has 0 N–H and O–H groups in total. The number of carbonyl (C=O) groups excluding carboxylic acids is 1. The Morgan fingerprint density at radius 3 is 2.74 bits per heavy atom. The number of Topliss-reactive ketones (excluding diaryl/α,β-unsaturated/α-hetero) is 1. The number of hydrogen-bond acceptors (Lipinski definition) is 7. The van der Waals surface area contributed by atoms with Crippen LogP contribution in [0.5, 0.6) is 11.6 Å². The number of rotatable bonds is 11. The second-order valence-corrected chi connectivity index (χ2v) is 9.03. The van der Waals surface area contributed by atoms with Gasteiger partial charge in [-0.25, -0.2) is 9.97 Å². The standard InChI is InChI=1S/C26H34N4O4/c1-19(2)16-20(31)18-30-24-9-8-21(34-13-5-10-29-11-14-33-15-12-29)17-23(24)28-26(30)22-6-4-7-25(27-22)32-3/h4,6-9,17,19H,5,10-16,18H2,1-3H3. The van der Waals surface area contributed by atoms with Gasteiger partial charge in [0.25, 0.3) is 0 Å². The van der Waals surface area contributed by atoms with Crippen molar-refractivity contribution in [1.82, 2.24) is 19.4 Å². The summed E-state index contributed by atoms with van der Waals surface area (Å²) in [7, 11) is 1.59. The average Bonchev–Trinajstić information content (AvgIpc) is 3.19. The van der Waals surface area contributed by atoms with Crippen LogP contribution >= 0.6 is 0 Å². The molecule has 3 heterocycles. The maximum atomic E-state index is 12.7. The number of carbonyl (C=O) groups is 1. The zero-order valence-electron chi connectivity index (χ0n) is 20.3. The molecule has 2 aromatic heterocycles. The number of aromatic nitrogens is 3. The monoisotopic (exact) mass is 466 g/mol. The lowest BCUT2D eigenvalue weighted by molar-refractivity contribution is -0.120. The maximum absolute atomic E-state index is 12.7. The quantitative estimate of drug-likeness (QED) is 0.398. The second kappa shape index (κ2) is 11.4. The first-order valence-corrected chi connectivity index (χ1v) is 12.0. The third kappa shape index (κ3) is 6.12. The number of fused-ring (bicyclic) bond motifs is 1. The van der Waals surface area contributed by atoms with Gasteiger partial charge < -0.3 is 18.8 Å². The Labute approximate surface area is 200 Å². The molecule has 182 valence electrons. The van der Waals surface area contributed by atoms with Crippen molar-refractivity contribution in [1.29, 1.82) is 0 Å². The zero-order chi connectivity index (χ0) is 23.9. The summed E-state index contributed by atoms with van der Waals surface area (Å²) in [5, 5.41) is 0. The molecule has 3 aromatic rings. The molecule has 0 spiro atoms. The van der Waals surface area contributed by atoms with Crippen molar-refractivity contribution in [3.05, 3.63) is 36.4 Å². The highest BCUT2D eigenvalue weighted by molar-refractivity contribution is 5.85. The highest BCUT2D eigenvalue weighted by atomic mass is 16.5. The van der Waals surface area contributed by atoms with Gasteiger partial charge in [-0.3, -0.25) is 9.69 Å². The van der Waals surface area contributed by atoms with E-state index in [0.29, 0.717) is 36.3 Å². The van der Waals surface area contributed by atoms with Crippen molar-refractivity contribution in [2.24, 2.45) is 5.92 Å². The normalized spacial score (nSPS) is 14.6. The Bertz CT molecular complexity index is 1110. The van der Waals surface area contributed by atoms with Gasteiger partial charge in [-0.05, 0) is 30.5 Å². The van der Waals surface area contributed by atoms with E-state index in [-0.39, 0.29) is 12.3 Å². The number of morpholine rings is 1. The third-order valence-electron chi connectivity index (χ3n) is 5.84. The molecule has 1 fully saturated rings. The molecule has 0 atom stereocenters. The topological polar surface area (TPSA) is 78.7 Å². The van der Waals surface area contributed by atoms with E-state index in [1.165, 1.54) is 0 Å². The largest absolute Gasteiger partial charge is 0.493 e. The van der Waals surface area contributed by atoms with Crippen molar-refractivity contribution in [3.8, 4) is 23.1 Å². The van der Waals surface area contributed by atoms with Crippen LogP contribution in [0.3, 0.4) is 0 Å². The highest BCUT2D eigenvalue weighted by Crippen LogP contribution is 2.28. The summed E-state index contributed by atoms with van der Waals surface area (Å²) in [6.07, 6.45) is 1.48. The summed E-state index contributed by atoms with van der Waals surface area (Å²) < 4.78 is 18.7. The molecule has 0 bridgehead atoms.